The average molecular weight is 266 g/mol. The molecule has 0 radical (unpaired) electrons. The van der Waals surface area contributed by atoms with E-state index in [2.05, 4.69) is 14.9 Å². The third kappa shape index (κ3) is 3.19. The lowest BCUT2D eigenvalue weighted by Gasteiger charge is -2.37. The number of carbonyl (C=O) groups excluding carboxylic acids is 1. The summed E-state index contributed by atoms with van der Waals surface area (Å²) in [6.45, 7) is 6.89. The molecule has 0 saturated carbocycles. The first-order valence-corrected chi connectivity index (χ1v) is 6.40. The van der Waals surface area contributed by atoms with Crippen molar-refractivity contribution in [2.75, 3.05) is 31.1 Å². The molecular formula is C13H19FN4O. The summed E-state index contributed by atoms with van der Waals surface area (Å²) in [4.78, 5) is 23.8. The van der Waals surface area contributed by atoms with Crippen LogP contribution in [0, 0.1) is 6.92 Å². The van der Waals surface area contributed by atoms with E-state index in [1.165, 1.54) is 20.2 Å². The molecule has 5 nitrogen and oxygen atoms in total. The molecule has 0 aromatic carbocycles. The zero-order chi connectivity index (χ0) is 14.0. The second-order valence-electron chi connectivity index (χ2n) is 5.27. The number of carbonyl (C=O) groups is 1. The summed E-state index contributed by atoms with van der Waals surface area (Å²) < 4.78 is 13.6. The van der Waals surface area contributed by atoms with Gasteiger partial charge in [0.25, 0.3) is 5.91 Å². The largest absolute Gasteiger partial charge is 0.353 e. The van der Waals surface area contributed by atoms with E-state index in [4.69, 9.17) is 0 Å². The van der Waals surface area contributed by atoms with Crippen LogP contribution in [0.1, 0.15) is 19.5 Å². The Bertz CT molecular complexity index is 464. The first-order chi connectivity index (χ1) is 8.88. The molecule has 0 spiro atoms. The van der Waals surface area contributed by atoms with Crippen molar-refractivity contribution in [2.24, 2.45) is 0 Å². The molecule has 1 aromatic heterocycles. The zero-order valence-electron chi connectivity index (χ0n) is 11.6. The monoisotopic (exact) mass is 266 g/mol. The standard InChI is InChI=1S/C13H19FN4O/c1-10-8-11(16-9-15-10)17-4-6-18(7-5-17)12(19)13(2,3)14/h8-9H,4-7H2,1-3H3. The Balaban J connectivity index is 1.98. The second kappa shape index (κ2) is 5.11. The van der Waals surface area contributed by atoms with Crippen LogP contribution in [-0.4, -0.2) is 52.6 Å². The Morgan fingerprint density at radius 2 is 1.89 bits per heavy atom. The summed E-state index contributed by atoms with van der Waals surface area (Å²) in [6.07, 6.45) is 1.53. The highest BCUT2D eigenvalue weighted by molar-refractivity contribution is 5.84. The summed E-state index contributed by atoms with van der Waals surface area (Å²) in [5.41, 5.74) is -0.887. The number of aromatic nitrogens is 2. The Morgan fingerprint density at radius 3 is 2.42 bits per heavy atom. The van der Waals surface area contributed by atoms with Crippen LogP contribution >= 0.6 is 0 Å². The van der Waals surface area contributed by atoms with Crippen LogP contribution in [0.4, 0.5) is 10.2 Å². The predicted octanol–water partition coefficient (Wildman–Crippen LogP) is 1.18. The molecule has 0 aliphatic carbocycles. The minimum absolute atomic E-state index is 0.439. The van der Waals surface area contributed by atoms with E-state index in [9.17, 15) is 9.18 Å². The Kier molecular flexibility index (Phi) is 3.68. The maximum atomic E-state index is 13.6. The van der Waals surface area contributed by atoms with Crippen LogP contribution in [0.3, 0.4) is 0 Å². The molecular weight excluding hydrogens is 247 g/mol. The van der Waals surface area contributed by atoms with Gasteiger partial charge in [-0.1, -0.05) is 0 Å². The van der Waals surface area contributed by atoms with Gasteiger partial charge in [-0.25, -0.2) is 14.4 Å². The molecule has 1 amide bonds. The molecule has 1 aliphatic heterocycles. The van der Waals surface area contributed by atoms with Crippen molar-refractivity contribution in [1.29, 1.82) is 0 Å². The van der Waals surface area contributed by atoms with E-state index in [1.54, 1.807) is 4.90 Å². The molecule has 2 rings (SSSR count). The smallest absolute Gasteiger partial charge is 0.259 e. The predicted molar refractivity (Wildman–Crippen MR) is 70.7 cm³/mol. The second-order valence-corrected chi connectivity index (χ2v) is 5.27. The van der Waals surface area contributed by atoms with Crippen LogP contribution in [0.5, 0.6) is 0 Å². The molecule has 2 heterocycles. The van der Waals surface area contributed by atoms with Crippen molar-refractivity contribution in [2.45, 2.75) is 26.4 Å². The Morgan fingerprint density at radius 1 is 1.26 bits per heavy atom. The number of halogens is 1. The molecule has 0 bridgehead atoms. The van der Waals surface area contributed by atoms with Crippen LogP contribution in [0.25, 0.3) is 0 Å². The summed E-state index contributed by atoms with van der Waals surface area (Å²) in [5, 5.41) is 0. The molecule has 1 fully saturated rings. The minimum Gasteiger partial charge on any atom is -0.353 e. The van der Waals surface area contributed by atoms with Gasteiger partial charge >= 0.3 is 0 Å². The fourth-order valence-electron chi connectivity index (χ4n) is 2.13. The Labute approximate surface area is 112 Å². The minimum atomic E-state index is -1.80. The van der Waals surface area contributed by atoms with E-state index in [0.29, 0.717) is 26.2 Å². The topological polar surface area (TPSA) is 49.3 Å². The van der Waals surface area contributed by atoms with Crippen LogP contribution < -0.4 is 4.90 Å². The van der Waals surface area contributed by atoms with Gasteiger partial charge in [-0.2, -0.15) is 0 Å². The van der Waals surface area contributed by atoms with Gasteiger partial charge in [0, 0.05) is 37.9 Å². The molecule has 1 saturated heterocycles. The molecule has 0 atom stereocenters. The van der Waals surface area contributed by atoms with E-state index in [0.717, 1.165) is 11.5 Å². The number of anilines is 1. The van der Waals surface area contributed by atoms with Crippen LogP contribution in [-0.2, 0) is 4.79 Å². The highest BCUT2D eigenvalue weighted by Gasteiger charge is 2.33. The van der Waals surface area contributed by atoms with Crippen molar-refractivity contribution < 1.29 is 9.18 Å². The number of hydrogen-bond donors (Lipinski definition) is 0. The first-order valence-electron chi connectivity index (χ1n) is 6.40. The lowest BCUT2D eigenvalue weighted by Crippen LogP contribution is -2.53. The zero-order valence-corrected chi connectivity index (χ0v) is 11.6. The summed E-state index contributed by atoms with van der Waals surface area (Å²) in [7, 11) is 0. The van der Waals surface area contributed by atoms with Gasteiger partial charge in [-0.05, 0) is 20.8 Å². The number of alkyl halides is 1. The lowest BCUT2D eigenvalue weighted by molar-refractivity contribution is -0.142. The van der Waals surface area contributed by atoms with Gasteiger partial charge < -0.3 is 9.80 Å². The average Bonchev–Trinajstić information content (AvgIpc) is 2.37. The molecule has 6 heteroatoms. The molecule has 104 valence electrons. The number of hydrogen-bond acceptors (Lipinski definition) is 4. The summed E-state index contributed by atoms with van der Waals surface area (Å²) in [6, 6.07) is 1.91. The maximum absolute atomic E-state index is 13.6. The van der Waals surface area contributed by atoms with Gasteiger partial charge in [0.05, 0.1) is 0 Å². The lowest BCUT2D eigenvalue weighted by atomic mass is 10.1. The number of piperazine rings is 1. The maximum Gasteiger partial charge on any atom is 0.259 e. The SMILES string of the molecule is Cc1cc(N2CCN(C(=O)C(C)(C)F)CC2)ncn1. The normalized spacial score (nSPS) is 16.6. The van der Waals surface area contributed by atoms with E-state index in [1.807, 2.05) is 13.0 Å². The molecule has 1 aliphatic rings. The van der Waals surface area contributed by atoms with Crippen molar-refractivity contribution in [3.63, 3.8) is 0 Å². The van der Waals surface area contributed by atoms with Crippen molar-refractivity contribution in [3.05, 3.63) is 18.1 Å². The van der Waals surface area contributed by atoms with Gasteiger partial charge in [0.2, 0.25) is 0 Å². The third-order valence-electron chi connectivity index (χ3n) is 3.19. The van der Waals surface area contributed by atoms with Gasteiger partial charge in [0.1, 0.15) is 12.1 Å². The number of nitrogens with zero attached hydrogens (tertiary/aromatic N) is 4. The molecule has 0 unspecified atom stereocenters. The Hall–Kier alpha value is -1.72. The van der Waals surface area contributed by atoms with Gasteiger partial charge in [-0.15, -0.1) is 0 Å². The fraction of sp³-hybridized carbons (Fsp3) is 0.615. The molecule has 1 aromatic rings. The van der Waals surface area contributed by atoms with Gasteiger partial charge in [-0.3, -0.25) is 4.79 Å². The summed E-state index contributed by atoms with van der Waals surface area (Å²) in [5.74, 6) is 0.421. The number of rotatable bonds is 2. The van der Waals surface area contributed by atoms with E-state index in [-0.39, 0.29) is 0 Å². The number of amides is 1. The molecule has 0 N–H and O–H groups in total. The highest BCUT2D eigenvalue weighted by Crippen LogP contribution is 2.17. The van der Waals surface area contributed by atoms with Gasteiger partial charge in [0.15, 0.2) is 5.67 Å². The quantitative estimate of drug-likeness (QED) is 0.806. The van der Waals surface area contributed by atoms with Crippen LogP contribution in [0.15, 0.2) is 12.4 Å². The first kappa shape index (κ1) is 13.7. The third-order valence-corrected chi connectivity index (χ3v) is 3.19. The van der Waals surface area contributed by atoms with Crippen molar-refractivity contribution in [3.8, 4) is 0 Å². The van der Waals surface area contributed by atoms with Crippen molar-refractivity contribution >= 4 is 11.7 Å². The fourth-order valence-corrected chi connectivity index (χ4v) is 2.13. The number of aryl methyl sites for hydroxylation is 1. The van der Waals surface area contributed by atoms with E-state index >= 15 is 0 Å². The van der Waals surface area contributed by atoms with E-state index < -0.39 is 11.6 Å². The molecule has 19 heavy (non-hydrogen) atoms. The van der Waals surface area contributed by atoms with Crippen molar-refractivity contribution in [1.82, 2.24) is 14.9 Å². The highest BCUT2D eigenvalue weighted by atomic mass is 19.1. The van der Waals surface area contributed by atoms with Crippen LogP contribution in [0.2, 0.25) is 0 Å². The summed E-state index contributed by atoms with van der Waals surface area (Å²) >= 11 is 0.